The van der Waals surface area contributed by atoms with Crippen molar-refractivity contribution in [2.75, 3.05) is 6.61 Å². The van der Waals surface area contributed by atoms with Crippen LogP contribution in [0.3, 0.4) is 0 Å². The molecule has 0 aliphatic carbocycles. The number of aryl methyl sites for hydroxylation is 1. The van der Waals surface area contributed by atoms with E-state index in [0.717, 1.165) is 42.0 Å². The zero-order valence-corrected chi connectivity index (χ0v) is 11.7. The van der Waals surface area contributed by atoms with Crippen molar-refractivity contribution in [1.29, 1.82) is 0 Å². The number of rotatable bonds is 7. The van der Waals surface area contributed by atoms with Crippen LogP contribution < -0.4 is 10.5 Å². The Morgan fingerprint density at radius 2 is 2.17 bits per heavy atom. The molecule has 0 bridgehead atoms. The Hall–Kier alpha value is -1.35. The monoisotopic (exact) mass is 248 g/mol. The summed E-state index contributed by atoms with van der Waals surface area (Å²) in [4.78, 5) is 4.53. The molecule has 1 atom stereocenters. The molecule has 0 saturated heterocycles. The largest absolute Gasteiger partial charge is 0.487 e. The minimum Gasteiger partial charge on any atom is -0.487 e. The maximum Gasteiger partial charge on any atom is 0.141 e. The van der Waals surface area contributed by atoms with E-state index < -0.39 is 0 Å². The van der Waals surface area contributed by atoms with Gasteiger partial charge in [-0.2, -0.15) is 0 Å². The standard InChI is InChI=1S/C15H24N2O/c1-5-11(3)10-18-15-8-7-12(4)17-14(15)9-13(16)6-2/h7-8,13H,3,5-6,9-10,16H2,1-2,4H3. The van der Waals surface area contributed by atoms with Crippen molar-refractivity contribution in [2.45, 2.75) is 46.1 Å². The van der Waals surface area contributed by atoms with Crippen molar-refractivity contribution in [3.05, 3.63) is 35.7 Å². The number of hydrogen-bond acceptors (Lipinski definition) is 3. The minimum atomic E-state index is 0.135. The molecule has 0 saturated carbocycles. The molecule has 100 valence electrons. The van der Waals surface area contributed by atoms with Crippen molar-refractivity contribution in [3.8, 4) is 5.75 Å². The summed E-state index contributed by atoms with van der Waals surface area (Å²) in [5, 5.41) is 0. The van der Waals surface area contributed by atoms with Gasteiger partial charge in [0.15, 0.2) is 0 Å². The molecule has 3 heteroatoms. The Labute approximate surface area is 110 Å². The molecule has 2 N–H and O–H groups in total. The van der Waals surface area contributed by atoms with Gasteiger partial charge >= 0.3 is 0 Å². The third kappa shape index (κ3) is 4.49. The van der Waals surface area contributed by atoms with Gasteiger partial charge in [-0.3, -0.25) is 4.98 Å². The van der Waals surface area contributed by atoms with Gasteiger partial charge in [0.2, 0.25) is 0 Å². The summed E-state index contributed by atoms with van der Waals surface area (Å²) in [5.41, 5.74) is 9.02. The molecule has 1 aromatic rings. The van der Waals surface area contributed by atoms with Crippen LogP contribution in [0.2, 0.25) is 0 Å². The fourth-order valence-corrected chi connectivity index (χ4v) is 1.55. The fourth-order valence-electron chi connectivity index (χ4n) is 1.55. The zero-order valence-electron chi connectivity index (χ0n) is 11.7. The Morgan fingerprint density at radius 1 is 1.44 bits per heavy atom. The van der Waals surface area contributed by atoms with Gasteiger partial charge in [0, 0.05) is 18.2 Å². The highest BCUT2D eigenvalue weighted by molar-refractivity contribution is 5.30. The molecule has 1 heterocycles. The molecule has 0 spiro atoms. The van der Waals surface area contributed by atoms with Crippen LogP contribution in [0.25, 0.3) is 0 Å². The molecule has 0 aliphatic heterocycles. The second kappa shape index (κ2) is 7.17. The number of ether oxygens (including phenoxy) is 1. The first-order chi connectivity index (χ1) is 8.56. The van der Waals surface area contributed by atoms with Crippen molar-refractivity contribution in [2.24, 2.45) is 5.73 Å². The zero-order chi connectivity index (χ0) is 13.5. The molecule has 1 rings (SSSR count). The molecule has 0 radical (unpaired) electrons. The van der Waals surface area contributed by atoms with Crippen LogP contribution in [0, 0.1) is 6.92 Å². The summed E-state index contributed by atoms with van der Waals surface area (Å²) < 4.78 is 5.77. The molecule has 1 aromatic heterocycles. The van der Waals surface area contributed by atoms with Gasteiger partial charge in [-0.05, 0) is 37.5 Å². The maximum absolute atomic E-state index is 5.99. The van der Waals surface area contributed by atoms with Gasteiger partial charge in [-0.25, -0.2) is 0 Å². The van der Waals surface area contributed by atoms with Gasteiger partial charge in [-0.1, -0.05) is 20.4 Å². The molecule has 0 aromatic carbocycles. The summed E-state index contributed by atoms with van der Waals surface area (Å²) in [6.07, 6.45) is 2.63. The van der Waals surface area contributed by atoms with E-state index in [1.165, 1.54) is 0 Å². The Morgan fingerprint density at radius 3 is 2.78 bits per heavy atom. The van der Waals surface area contributed by atoms with E-state index in [1.54, 1.807) is 0 Å². The van der Waals surface area contributed by atoms with Crippen molar-refractivity contribution in [3.63, 3.8) is 0 Å². The number of nitrogens with zero attached hydrogens (tertiary/aromatic N) is 1. The lowest BCUT2D eigenvalue weighted by atomic mass is 10.1. The van der Waals surface area contributed by atoms with E-state index in [0.29, 0.717) is 6.61 Å². The summed E-state index contributed by atoms with van der Waals surface area (Å²) in [7, 11) is 0. The van der Waals surface area contributed by atoms with Gasteiger partial charge in [0.05, 0.1) is 5.69 Å². The average molecular weight is 248 g/mol. The Bertz CT molecular complexity index is 401. The van der Waals surface area contributed by atoms with E-state index in [9.17, 15) is 0 Å². The summed E-state index contributed by atoms with van der Waals surface area (Å²) in [6, 6.07) is 4.07. The molecular formula is C15H24N2O. The van der Waals surface area contributed by atoms with Gasteiger partial charge < -0.3 is 10.5 Å². The third-order valence-corrected chi connectivity index (χ3v) is 2.98. The highest BCUT2D eigenvalue weighted by atomic mass is 16.5. The van der Waals surface area contributed by atoms with Crippen LogP contribution >= 0.6 is 0 Å². The van der Waals surface area contributed by atoms with Gasteiger partial charge in [0.25, 0.3) is 0 Å². The molecule has 0 amide bonds. The quantitative estimate of drug-likeness (QED) is 0.755. The Balaban J connectivity index is 2.79. The first-order valence-electron chi connectivity index (χ1n) is 6.58. The molecule has 18 heavy (non-hydrogen) atoms. The van der Waals surface area contributed by atoms with Crippen LogP contribution in [0.5, 0.6) is 5.75 Å². The highest BCUT2D eigenvalue weighted by Crippen LogP contribution is 2.19. The van der Waals surface area contributed by atoms with Crippen molar-refractivity contribution in [1.82, 2.24) is 4.98 Å². The lowest BCUT2D eigenvalue weighted by Crippen LogP contribution is -2.22. The lowest BCUT2D eigenvalue weighted by Gasteiger charge is -2.14. The minimum absolute atomic E-state index is 0.135. The number of hydrogen-bond donors (Lipinski definition) is 1. The normalized spacial score (nSPS) is 12.2. The van der Waals surface area contributed by atoms with Crippen LogP contribution in [0.1, 0.15) is 38.1 Å². The molecule has 3 nitrogen and oxygen atoms in total. The number of nitrogens with two attached hydrogens (primary N) is 1. The average Bonchev–Trinajstić information content (AvgIpc) is 2.37. The first-order valence-corrected chi connectivity index (χ1v) is 6.58. The van der Waals surface area contributed by atoms with E-state index in [1.807, 2.05) is 19.1 Å². The topological polar surface area (TPSA) is 48.1 Å². The second-order valence-electron chi connectivity index (χ2n) is 4.66. The van der Waals surface area contributed by atoms with Crippen LogP contribution in [0.4, 0.5) is 0 Å². The highest BCUT2D eigenvalue weighted by Gasteiger charge is 2.10. The smallest absolute Gasteiger partial charge is 0.141 e. The van der Waals surface area contributed by atoms with Gasteiger partial charge in [0.1, 0.15) is 12.4 Å². The van der Waals surface area contributed by atoms with Crippen LogP contribution in [0.15, 0.2) is 24.3 Å². The summed E-state index contributed by atoms with van der Waals surface area (Å²) in [6.45, 7) is 10.6. The SMILES string of the molecule is C=C(CC)COc1ccc(C)nc1CC(N)CC. The second-order valence-corrected chi connectivity index (χ2v) is 4.66. The third-order valence-electron chi connectivity index (χ3n) is 2.98. The van der Waals surface area contributed by atoms with E-state index in [-0.39, 0.29) is 6.04 Å². The number of aromatic nitrogens is 1. The Kier molecular flexibility index (Phi) is 5.86. The fraction of sp³-hybridized carbons (Fsp3) is 0.533. The molecule has 1 unspecified atom stereocenters. The predicted octanol–water partition coefficient (Wildman–Crippen LogP) is 3.01. The van der Waals surface area contributed by atoms with Gasteiger partial charge in [-0.15, -0.1) is 0 Å². The summed E-state index contributed by atoms with van der Waals surface area (Å²) in [5.74, 6) is 0.833. The number of pyridine rings is 1. The van der Waals surface area contributed by atoms with Crippen molar-refractivity contribution >= 4 is 0 Å². The van der Waals surface area contributed by atoms with Crippen molar-refractivity contribution < 1.29 is 4.74 Å². The van der Waals surface area contributed by atoms with E-state index in [2.05, 4.69) is 25.4 Å². The molecule has 0 fully saturated rings. The van der Waals surface area contributed by atoms with E-state index in [4.69, 9.17) is 10.5 Å². The maximum atomic E-state index is 5.99. The van der Waals surface area contributed by atoms with Crippen LogP contribution in [-0.4, -0.2) is 17.6 Å². The predicted molar refractivity (Wildman–Crippen MR) is 75.9 cm³/mol. The lowest BCUT2D eigenvalue weighted by molar-refractivity contribution is 0.341. The summed E-state index contributed by atoms with van der Waals surface area (Å²) >= 11 is 0. The first kappa shape index (κ1) is 14.7. The molecular weight excluding hydrogens is 224 g/mol. The van der Waals surface area contributed by atoms with E-state index >= 15 is 0 Å². The molecule has 0 aliphatic rings. The van der Waals surface area contributed by atoms with Crippen LogP contribution in [-0.2, 0) is 6.42 Å².